The van der Waals surface area contributed by atoms with Gasteiger partial charge in [0.1, 0.15) is 19.0 Å². The highest BCUT2D eigenvalue weighted by Gasteiger charge is 2.22. The number of hydrogen-bond acceptors (Lipinski definition) is 4. The molecule has 2 aromatic carbocycles. The molecule has 0 fully saturated rings. The van der Waals surface area contributed by atoms with Crippen LogP contribution in [-0.4, -0.2) is 28.7 Å². The summed E-state index contributed by atoms with van der Waals surface area (Å²) in [4.78, 5) is 17.3. The van der Waals surface area contributed by atoms with Crippen molar-refractivity contribution in [3.8, 4) is 11.5 Å². The number of aryl methyl sites for hydroxylation is 2. The Labute approximate surface area is 183 Å². The molecule has 0 radical (unpaired) electrons. The van der Waals surface area contributed by atoms with Gasteiger partial charge in [0.2, 0.25) is 5.91 Å². The van der Waals surface area contributed by atoms with Gasteiger partial charge in [-0.15, -0.1) is 0 Å². The summed E-state index contributed by atoms with van der Waals surface area (Å²) in [6.07, 6.45) is 5.34. The normalized spacial score (nSPS) is 14.6. The second kappa shape index (κ2) is 9.69. The molecule has 0 aliphatic carbocycles. The summed E-state index contributed by atoms with van der Waals surface area (Å²) in [6.45, 7) is 5.60. The van der Waals surface area contributed by atoms with Crippen molar-refractivity contribution in [3.05, 3.63) is 77.9 Å². The Bertz CT molecular complexity index is 1020. The third-order valence-corrected chi connectivity index (χ3v) is 5.69. The number of benzene rings is 2. The van der Waals surface area contributed by atoms with Crippen molar-refractivity contribution in [1.82, 2.24) is 14.9 Å². The van der Waals surface area contributed by atoms with Gasteiger partial charge in [-0.3, -0.25) is 4.79 Å². The Morgan fingerprint density at radius 1 is 1.13 bits per heavy atom. The van der Waals surface area contributed by atoms with E-state index >= 15 is 0 Å². The van der Waals surface area contributed by atoms with E-state index in [-0.39, 0.29) is 17.9 Å². The molecule has 6 heteroatoms. The zero-order valence-corrected chi connectivity index (χ0v) is 18.1. The number of nitrogens with one attached hydrogen (secondary N) is 1. The Kier molecular flexibility index (Phi) is 6.55. The minimum atomic E-state index is -0.177. The predicted molar refractivity (Wildman–Crippen MR) is 119 cm³/mol. The molecular formula is C25H29N3O3. The summed E-state index contributed by atoms with van der Waals surface area (Å²) in [5.41, 5.74) is 2.28. The standard InChI is InChI=1S/C25H29N3O3/c1-18(17-28-13-12-26-19(28)2)25(29)27-22(10-8-20-6-4-3-5-7-20)21-9-11-23-24(16-21)31-15-14-30-23/h3-7,9,11-13,16,18,22H,8,10,14-15,17H2,1-2H3,(H,27,29)/t18-,22-/m1/s1. The quantitative estimate of drug-likeness (QED) is 0.597. The van der Waals surface area contributed by atoms with E-state index in [9.17, 15) is 4.79 Å². The lowest BCUT2D eigenvalue weighted by Crippen LogP contribution is -2.35. The van der Waals surface area contributed by atoms with Crippen LogP contribution in [0.25, 0.3) is 0 Å². The lowest BCUT2D eigenvalue weighted by molar-refractivity contribution is -0.125. The molecule has 1 aliphatic rings. The summed E-state index contributed by atoms with van der Waals surface area (Å²) in [5.74, 6) is 2.26. The van der Waals surface area contributed by atoms with Crippen LogP contribution in [0, 0.1) is 12.8 Å². The zero-order valence-electron chi connectivity index (χ0n) is 18.1. The first-order valence-electron chi connectivity index (χ1n) is 10.8. The number of amides is 1. The van der Waals surface area contributed by atoms with Gasteiger partial charge in [-0.1, -0.05) is 43.3 Å². The molecule has 6 nitrogen and oxygen atoms in total. The molecule has 0 bridgehead atoms. The van der Waals surface area contributed by atoms with Gasteiger partial charge in [-0.25, -0.2) is 4.98 Å². The maximum Gasteiger partial charge on any atom is 0.225 e. The van der Waals surface area contributed by atoms with E-state index in [1.54, 1.807) is 6.20 Å². The molecule has 31 heavy (non-hydrogen) atoms. The maximum atomic E-state index is 13.1. The van der Waals surface area contributed by atoms with E-state index in [0.29, 0.717) is 19.8 Å². The minimum absolute atomic E-state index is 0.0288. The molecule has 1 aromatic heterocycles. The molecule has 2 atom stereocenters. The molecular weight excluding hydrogens is 390 g/mol. The highest BCUT2D eigenvalue weighted by atomic mass is 16.6. The van der Waals surface area contributed by atoms with Crippen LogP contribution < -0.4 is 14.8 Å². The molecule has 0 unspecified atom stereocenters. The molecule has 1 aliphatic heterocycles. The SMILES string of the molecule is Cc1nccn1C[C@@H](C)C(=O)N[C@H](CCc1ccccc1)c1ccc2c(c1)OCCO2. The molecule has 3 aromatic rings. The van der Waals surface area contributed by atoms with Gasteiger partial charge in [0.25, 0.3) is 0 Å². The number of carbonyl (C=O) groups is 1. The third kappa shape index (κ3) is 5.26. The van der Waals surface area contributed by atoms with E-state index in [1.807, 2.05) is 61.0 Å². The Morgan fingerprint density at radius 2 is 1.90 bits per heavy atom. The number of hydrogen-bond donors (Lipinski definition) is 1. The minimum Gasteiger partial charge on any atom is -0.486 e. The third-order valence-electron chi connectivity index (χ3n) is 5.69. The largest absolute Gasteiger partial charge is 0.486 e. The summed E-state index contributed by atoms with van der Waals surface area (Å²) < 4.78 is 13.4. The number of carbonyl (C=O) groups excluding carboxylic acids is 1. The van der Waals surface area contributed by atoms with E-state index < -0.39 is 0 Å². The van der Waals surface area contributed by atoms with E-state index in [4.69, 9.17) is 9.47 Å². The first-order valence-corrected chi connectivity index (χ1v) is 10.8. The van der Waals surface area contributed by atoms with Crippen molar-refractivity contribution in [3.63, 3.8) is 0 Å². The van der Waals surface area contributed by atoms with E-state index in [0.717, 1.165) is 35.7 Å². The number of rotatable bonds is 8. The van der Waals surface area contributed by atoms with Gasteiger partial charge < -0.3 is 19.4 Å². The summed E-state index contributed by atoms with van der Waals surface area (Å²) in [7, 11) is 0. The van der Waals surface area contributed by atoms with Crippen molar-refractivity contribution >= 4 is 5.91 Å². The lowest BCUT2D eigenvalue weighted by atomic mass is 9.97. The first kappa shape index (κ1) is 21.0. The Balaban J connectivity index is 1.50. The average molecular weight is 420 g/mol. The van der Waals surface area contributed by atoms with Crippen LogP contribution >= 0.6 is 0 Å². The highest BCUT2D eigenvalue weighted by Crippen LogP contribution is 2.33. The van der Waals surface area contributed by atoms with Crippen LogP contribution in [0.2, 0.25) is 0 Å². The van der Waals surface area contributed by atoms with Crippen LogP contribution in [0.1, 0.15) is 36.3 Å². The molecule has 2 heterocycles. The van der Waals surface area contributed by atoms with Crippen LogP contribution in [0.3, 0.4) is 0 Å². The number of ether oxygens (including phenoxy) is 2. The number of nitrogens with zero attached hydrogens (tertiary/aromatic N) is 2. The van der Waals surface area contributed by atoms with Crippen molar-refractivity contribution in [2.45, 2.75) is 39.3 Å². The smallest absolute Gasteiger partial charge is 0.225 e. The molecule has 0 saturated carbocycles. The van der Waals surface area contributed by atoms with E-state index in [2.05, 4.69) is 22.4 Å². The van der Waals surface area contributed by atoms with Gasteiger partial charge >= 0.3 is 0 Å². The van der Waals surface area contributed by atoms with Crippen molar-refractivity contribution < 1.29 is 14.3 Å². The monoisotopic (exact) mass is 419 g/mol. The second-order valence-corrected chi connectivity index (χ2v) is 8.02. The summed E-state index contributed by atoms with van der Waals surface area (Å²) in [5, 5.41) is 3.27. The summed E-state index contributed by atoms with van der Waals surface area (Å²) >= 11 is 0. The van der Waals surface area contributed by atoms with E-state index in [1.165, 1.54) is 5.56 Å². The van der Waals surface area contributed by atoms with Crippen LogP contribution in [0.4, 0.5) is 0 Å². The Morgan fingerprint density at radius 3 is 2.65 bits per heavy atom. The second-order valence-electron chi connectivity index (χ2n) is 8.02. The predicted octanol–water partition coefficient (Wildman–Crippen LogP) is 4.09. The topological polar surface area (TPSA) is 65.4 Å². The van der Waals surface area contributed by atoms with Crippen LogP contribution in [0.15, 0.2) is 60.9 Å². The fraction of sp³-hybridized carbons (Fsp3) is 0.360. The van der Waals surface area contributed by atoms with Crippen molar-refractivity contribution in [2.24, 2.45) is 5.92 Å². The van der Waals surface area contributed by atoms with Gasteiger partial charge in [-0.05, 0) is 43.0 Å². The van der Waals surface area contributed by atoms with Gasteiger partial charge in [0.05, 0.1) is 12.0 Å². The lowest BCUT2D eigenvalue weighted by Gasteiger charge is -2.24. The van der Waals surface area contributed by atoms with Gasteiger partial charge in [0.15, 0.2) is 11.5 Å². The average Bonchev–Trinajstić information content (AvgIpc) is 3.21. The molecule has 4 rings (SSSR count). The fourth-order valence-electron chi connectivity index (χ4n) is 3.84. The molecule has 1 N–H and O–H groups in total. The first-order chi connectivity index (χ1) is 15.1. The molecule has 0 spiro atoms. The highest BCUT2D eigenvalue weighted by molar-refractivity contribution is 5.78. The van der Waals surface area contributed by atoms with Crippen molar-refractivity contribution in [2.75, 3.05) is 13.2 Å². The molecule has 0 saturated heterocycles. The van der Waals surface area contributed by atoms with Gasteiger partial charge in [0, 0.05) is 18.9 Å². The van der Waals surface area contributed by atoms with Crippen LogP contribution in [0.5, 0.6) is 11.5 Å². The molecule has 1 amide bonds. The zero-order chi connectivity index (χ0) is 21.6. The number of imidazole rings is 1. The maximum absolute atomic E-state index is 13.1. The fourth-order valence-corrected chi connectivity index (χ4v) is 3.84. The Hall–Kier alpha value is -3.28. The number of fused-ring (bicyclic) bond motifs is 1. The van der Waals surface area contributed by atoms with Crippen molar-refractivity contribution in [1.29, 1.82) is 0 Å². The molecule has 162 valence electrons. The summed E-state index contributed by atoms with van der Waals surface area (Å²) in [6, 6.07) is 16.2. The van der Waals surface area contributed by atoms with Crippen LogP contribution in [-0.2, 0) is 17.8 Å². The van der Waals surface area contributed by atoms with Gasteiger partial charge in [-0.2, -0.15) is 0 Å². The number of aromatic nitrogens is 2.